The summed E-state index contributed by atoms with van der Waals surface area (Å²) in [6.07, 6.45) is 0.944. The van der Waals surface area contributed by atoms with Crippen LogP contribution < -0.4 is 0 Å². The van der Waals surface area contributed by atoms with Crippen LogP contribution in [0.5, 0.6) is 0 Å². The summed E-state index contributed by atoms with van der Waals surface area (Å²) in [4.78, 5) is 10.3. The molecule has 0 spiro atoms. The standard InChI is InChI=1S/C6H8Cl2O2/c1-10-5(3-9)4-2-6(4,7)8/h3-5H,2H2,1H3. The summed E-state index contributed by atoms with van der Waals surface area (Å²) in [7, 11) is 1.47. The molecule has 1 aliphatic carbocycles. The summed E-state index contributed by atoms with van der Waals surface area (Å²) in [6.45, 7) is 0. The maximum absolute atomic E-state index is 10.3. The van der Waals surface area contributed by atoms with Crippen molar-refractivity contribution in [2.45, 2.75) is 16.9 Å². The first-order chi connectivity index (χ1) is 4.61. The van der Waals surface area contributed by atoms with Crippen LogP contribution in [0.25, 0.3) is 0 Å². The Morgan fingerprint density at radius 1 is 1.80 bits per heavy atom. The highest BCUT2D eigenvalue weighted by Crippen LogP contribution is 2.55. The van der Waals surface area contributed by atoms with Crippen LogP contribution >= 0.6 is 23.2 Å². The summed E-state index contributed by atoms with van der Waals surface area (Å²) < 4.78 is 4.10. The Balaban J connectivity index is 2.44. The minimum absolute atomic E-state index is 0.0154. The molecule has 0 aromatic carbocycles. The lowest BCUT2D eigenvalue weighted by molar-refractivity contribution is -0.117. The first-order valence-corrected chi connectivity index (χ1v) is 3.73. The van der Waals surface area contributed by atoms with Crippen LogP contribution in [0, 0.1) is 5.92 Å². The summed E-state index contributed by atoms with van der Waals surface area (Å²) >= 11 is 11.4. The molecule has 1 rings (SSSR count). The number of methoxy groups -OCH3 is 1. The largest absolute Gasteiger partial charge is 0.374 e. The van der Waals surface area contributed by atoms with Crippen LogP contribution in [0.2, 0.25) is 0 Å². The van der Waals surface area contributed by atoms with Crippen LogP contribution in [-0.2, 0) is 9.53 Å². The van der Waals surface area contributed by atoms with Gasteiger partial charge in [0.2, 0.25) is 0 Å². The summed E-state index contributed by atoms with van der Waals surface area (Å²) in [5.41, 5.74) is 0. The molecule has 0 radical (unpaired) electrons. The molecule has 0 saturated heterocycles. The molecule has 0 aromatic rings. The van der Waals surface area contributed by atoms with Crippen molar-refractivity contribution in [3.63, 3.8) is 0 Å². The quantitative estimate of drug-likeness (QED) is 0.488. The zero-order valence-electron chi connectivity index (χ0n) is 5.51. The molecule has 1 aliphatic rings. The van der Waals surface area contributed by atoms with E-state index in [1.807, 2.05) is 0 Å². The number of hydrogen-bond donors (Lipinski definition) is 0. The molecule has 0 heterocycles. The third-order valence-electron chi connectivity index (χ3n) is 1.68. The number of hydrogen-bond acceptors (Lipinski definition) is 2. The molecule has 0 amide bonds. The lowest BCUT2D eigenvalue weighted by Crippen LogP contribution is -2.17. The first-order valence-electron chi connectivity index (χ1n) is 2.97. The van der Waals surface area contributed by atoms with E-state index in [2.05, 4.69) is 0 Å². The van der Waals surface area contributed by atoms with E-state index in [9.17, 15) is 4.79 Å². The number of carbonyl (C=O) groups is 1. The van der Waals surface area contributed by atoms with E-state index in [-0.39, 0.29) is 5.92 Å². The Bertz CT molecular complexity index is 147. The maximum Gasteiger partial charge on any atom is 0.149 e. The number of ether oxygens (including phenoxy) is 1. The lowest BCUT2D eigenvalue weighted by Gasteiger charge is -2.06. The van der Waals surface area contributed by atoms with Crippen LogP contribution in [0.1, 0.15) is 6.42 Å². The molecule has 0 bridgehead atoms. The number of carbonyl (C=O) groups excluding carboxylic acids is 1. The van der Waals surface area contributed by atoms with Gasteiger partial charge in [0, 0.05) is 13.0 Å². The Hall–Kier alpha value is 0.210. The fraction of sp³-hybridized carbons (Fsp3) is 0.833. The highest BCUT2D eigenvalue weighted by Gasteiger charge is 2.56. The fourth-order valence-electron chi connectivity index (χ4n) is 0.905. The molecule has 0 aliphatic heterocycles. The van der Waals surface area contributed by atoms with E-state index in [4.69, 9.17) is 27.9 Å². The van der Waals surface area contributed by atoms with E-state index in [0.29, 0.717) is 6.42 Å². The normalized spacial score (nSPS) is 31.3. The van der Waals surface area contributed by atoms with Crippen molar-refractivity contribution in [2.75, 3.05) is 7.11 Å². The number of rotatable bonds is 3. The smallest absolute Gasteiger partial charge is 0.149 e. The monoisotopic (exact) mass is 182 g/mol. The molecule has 0 aromatic heterocycles. The Morgan fingerprint density at radius 3 is 2.40 bits per heavy atom. The van der Waals surface area contributed by atoms with Crippen LogP contribution in [0.15, 0.2) is 0 Å². The minimum Gasteiger partial charge on any atom is -0.374 e. The number of alkyl halides is 2. The van der Waals surface area contributed by atoms with Crippen molar-refractivity contribution in [2.24, 2.45) is 5.92 Å². The van der Waals surface area contributed by atoms with Gasteiger partial charge in [0.1, 0.15) is 16.7 Å². The summed E-state index contributed by atoms with van der Waals surface area (Å²) in [5.74, 6) is -0.0154. The highest BCUT2D eigenvalue weighted by molar-refractivity contribution is 6.51. The predicted molar refractivity (Wildman–Crippen MR) is 39.4 cm³/mol. The molecule has 10 heavy (non-hydrogen) atoms. The lowest BCUT2D eigenvalue weighted by atomic mass is 10.2. The SMILES string of the molecule is COC(C=O)C1CC1(Cl)Cl. The van der Waals surface area contributed by atoms with E-state index in [1.54, 1.807) is 0 Å². The van der Waals surface area contributed by atoms with Crippen molar-refractivity contribution in [3.8, 4) is 0 Å². The zero-order chi connectivity index (χ0) is 7.78. The summed E-state index contributed by atoms with van der Waals surface area (Å²) in [5, 5.41) is 0. The third-order valence-corrected chi connectivity index (χ3v) is 2.55. The molecule has 2 nitrogen and oxygen atoms in total. The van der Waals surface area contributed by atoms with E-state index in [1.165, 1.54) is 7.11 Å². The molecule has 2 atom stereocenters. The topological polar surface area (TPSA) is 26.3 Å². The van der Waals surface area contributed by atoms with Gasteiger partial charge < -0.3 is 9.53 Å². The fourth-order valence-corrected chi connectivity index (χ4v) is 1.49. The van der Waals surface area contributed by atoms with Gasteiger partial charge >= 0.3 is 0 Å². The molecular weight excluding hydrogens is 175 g/mol. The van der Waals surface area contributed by atoms with Gasteiger partial charge in [0.15, 0.2) is 0 Å². The highest BCUT2D eigenvalue weighted by atomic mass is 35.5. The van der Waals surface area contributed by atoms with Gasteiger partial charge in [-0.1, -0.05) is 0 Å². The number of aldehydes is 1. The third kappa shape index (κ3) is 1.44. The van der Waals surface area contributed by atoms with Crippen molar-refractivity contribution >= 4 is 29.5 Å². The Kier molecular flexibility index (Phi) is 2.23. The van der Waals surface area contributed by atoms with Crippen LogP contribution in [-0.4, -0.2) is 23.8 Å². The van der Waals surface area contributed by atoms with Gasteiger partial charge in [-0.25, -0.2) is 0 Å². The minimum atomic E-state index is -0.721. The molecule has 4 heteroatoms. The van der Waals surface area contributed by atoms with E-state index < -0.39 is 10.4 Å². The van der Waals surface area contributed by atoms with Gasteiger partial charge in [-0.3, -0.25) is 0 Å². The molecule has 2 unspecified atom stereocenters. The van der Waals surface area contributed by atoms with Gasteiger partial charge in [0.25, 0.3) is 0 Å². The molecule has 0 N–H and O–H groups in total. The summed E-state index contributed by atoms with van der Waals surface area (Å²) in [6, 6.07) is 0. The van der Waals surface area contributed by atoms with Crippen molar-refractivity contribution in [1.82, 2.24) is 0 Å². The Labute approximate surface area is 69.4 Å². The Morgan fingerprint density at radius 2 is 2.30 bits per heavy atom. The van der Waals surface area contributed by atoms with Crippen LogP contribution in [0.3, 0.4) is 0 Å². The molecule has 1 fully saturated rings. The van der Waals surface area contributed by atoms with Crippen molar-refractivity contribution < 1.29 is 9.53 Å². The van der Waals surface area contributed by atoms with Crippen LogP contribution in [0.4, 0.5) is 0 Å². The van der Waals surface area contributed by atoms with E-state index >= 15 is 0 Å². The van der Waals surface area contributed by atoms with Crippen molar-refractivity contribution in [3.05, 3.63) is 0 Å². The van der Waals surface area contributed by atoms with Gasteiger partial charge in [-0.2, -0.15) is 0 Å². The average molecular weight is 183 g/mol. The van der Waals surface area contributed by atoms with Crippen molar-refractivity contribution in [1.29, 1.82) is 0 Å². The van der Waals surface area contributed by atoms with Gasteiger partial charge in [-0.15, -0.1) is 23.2 Å². The first kappa shape index (κ1) is 8.31. The van der Waals surface area contributed by atoms with E-state index in [0.717, 1.165) is 6.29 Å². The number of halogens is 2. The second-order valence-corrected chi connectivity index (χ2v) is 3.95. The molecule has 58 valence electrons. The van der Waals surface area contributed by atoms with Gasteiger partial charge in [0.05, 0.1) is 0 Å². The van der Waals surface area contributed by atoms with Gasteiger partial charge in [-0.05, 0) is 6.42 Å². The predicted octanol–water partition coefficient (Wildman–Crippen LogP) is 1.39. The zero-order valence-corrected chi connectivity index (χ0v) is 7.02. The second kappa shape index (κ2) is 2.68. The maximum atomic E-state index is 10.3. The average Bonchev–Trinajstić information content (AvgIpc) is 2.44. The second-order valence-electron chi connectivity index (χ2n) is 2.41. The molecular formula is C6H8Cl2O2. The molecule has 1 saturated carbocycles.